The monoisotopic (exact) mass is 237 g/mol. The number of hydrogen-bond acceptors (Lipinski definition) is 3. The maximum atomic E-state index is 5.94. The standard InChI is InChI=1S/C15H15N3/c1-8-3-10-5-11-6-12(16)9(2)4-14(11)18-15(10)7-13(8)17/h3-7H,16-17H2,1-2H3. The zero-order valence-electron chi connectivity index (χ0n) is 10.5. The number of benzene rings is 2. The van der Waals surface area contributed by atoms with E-state index in [1.807, 2.05) is 32.0 Å². The summed E-state index contributed by atoms with van der Waals surface area (Å²) in [4.78, 5) is 4.65. The van der Waals surface area contributed by atoms with Crippen LogP contribution in [0.2, 0.25) is 0 Å². The number of aromatic nitrogens is 1. The van der Waals surface area contributed by atoms with Gasteiger partial charge in [0.25, 0.3) is 0 Å². The number of aryl methyl sites for hydroxylation is 2. The Balaban J connectivity index is 2.43. The summed E-state index contributed by atoms with van der Waals surface area (Å²) >= 11 is 0. The number of anilines is 2. The molecule has 0 amide bonds. The fourth-order valence-electron chi connectivity index (χ4n) is 2.18. The number of rotatable bonds is 0. The van der Waals surface area contributed by atoms with Crippen LogP contribution in [0.5, 0.6) is 0 Å². The van der Waals surface area contributed by atoms with E-state index in [1.54, 1.807) is 0 Å². The Morgan fingerprint density at radius 1 is 0.722 bits per heavy atom. The average molecular weight is 237 g/mol. The van der Waals surface area contributed by atoms with Crippen LogP contribution in [0.25, 0.3) is 21.8 Å². The lowest BCUT2D eigenvalue weighted by Crippen LogP contribution is -1.93. The van der Waals surface area contributed by atoms with Gasteiger partial charge >= 0.3 is 0 Å². The van der Waals surface area contributed by atoms with Crippen molar-refractivity contribution in [3.63, 3.8) is 0 Å². The SMILES string of the molecule is Cc1cc2nc3cc(N)c(C)cc3cc2cc1N. The number of nitrogens with two attached hydrogens (primary N) is 2. The first-order chi connectivity index (χ1) is 8.54. The predicted molar refractivity (Wildman–Crippen MR) is 77.5 cm³/mol. The quantitative estimate of drug-likeness (QED) is 0.466. The van der Waals surface area contributed by atoms with Gasteiger partial charge in [0.05, 0.1) is 11.0 Å². The van der Waals surface area contributed by atoms with Crippen LogP contribution in [0.4, 0.5) is 11.4 Å². The maximum absolute atomic E-state index is 5.94. The molecular weight excluding hydrogens is 222 g/mol. The van der Waals surface area contributed by atoms with E-state index >= 15 is 0 Å². The normalized spacial score (nSPS) is 11.2. The molecule has 4 N–H and O–H groups in total. The van der Waals surface area contributed by atoms with Gasteiger partial charge in [-0.05, 0) is 55.3 Å². The van der Waals surface area contributed by atoms with Crippen LogP contribution in [0.15, 0.2) is 30.3 Å². The predicted octanol–water partition coefficient (Wildman–Crippen LogP) is 3.17. The molecule has 0 unspecified atom stereocenters. The second kappa shape index (κ2) is 3.60. The zero-order valence-corrected chi connectivity index (χ0v) is 10.5. The van der Waals surface area contributed by atoms with Crippen molar-refractivity contribution in [2.24, 2.45) is 0 Å². The van der Waals surface area contributed by atoms with E-state index < -0.39 is 0 Å². The van der Waals surface area contributed by atoms with Crippen LogP contribution < -0.4 is 11.5 Å². The van der Waals surface area contributed by atoms with E-state index in [0.717, 1.165) is 44.3 Å². The topological polar surface area (TPSA) is 64.9 Å². The van der Waals surface area contributed by atoms with E-state index in [1.165, 1.54) is 0 Å². The summed E-state index contributed by atoms with van der Waals surface area (Å²) < 4.78 is 0. The van der Waals surface area contributed by atoms with Gasteiger partial charge in [-0.25, -0.2) is 4.98 Å². The molecule has 3 rings (SSSR count). The summed E-state index contributed by atoms with van der Waals surface area (Å²) in [7, 11) is 0. The molecule has 1 heterocycles. The minimum absolute atomic E-state index is 0.779. The number of hydrogen-bond donors (Lipinski definition) is 2. The summed E-state index contributed by atoms with van der Waals surface area (Å²) in [6.45, 7) is 3.99. The van der Waals surface area contributed by atoms with E-state index in [2.05, 4.69) is 17.1 Å². The van der Waals surface area contributed by atoms with Crippen molar-refractivity contribution in [2.45, 2.75) is 13.8 Å². The zero-order chi connectivity index (χ0) is 12.9. The fourth-order valence-corrected chi connectivity index (χ4v) is 2.18. The summed E-state index contributed by atoms with van der Waals surface area (Å²) in [5.41, 5.74) is 17.4. The molecule has 0 atom stereocenters. The molecule has 18 heavy (non-hydrogen) atoms. The molecule has 0 aliphatic carbocycles. The molecule has 3 nitrogen and oxygen atoms in total. The van der Waals surface area contributed by atoms with Gasteiger partial charge in [-0.2, -0.15) is 0 Å². The summed E-state index contributed by atoms with van der Waals surface area (Å²) in [5, 5.41) is 2.16. The van der Waals surface area contributed by atoms with Crippen LogP contribution in [0.1, 0.15) is 11.1 Å². The lowest BCUT2D eigenvalue weighted by atomic mass is 10.1. The van der Waals surface area contributed by atoms with Crippen molar-refractivity contribution in [3.8, 4) is 0 Å². The molecule has 0 saturated carbocycles. The number of pyridine rings is 1. The third kappa shape index (κ3) is 1.56. The third-order valence-corrected chi connectivity index (χ3v) is 3.38. The van der Waals surface area contributed by atoms with Crippen molar-refractivity contribution in [3.05, 3.63) is 41.5 Å². The summed E-state index contributed by atoms with van der Waals surface area (Å²) in [6.07, 6.45) is 0. The van der Waals surface area contributed by atoms with Crippen molar-refractivity contribution in [1.82, 2.24) is 4.98 Å². The van der Waals surface area contributed by atoms with Gasteiger partial charge in [-0.3, -0.25) is 0 Å². The van der Waals surface area contributed by atoms with Gasteiger partial charge in [0.15, 0.2) is 0 Å². The van der Waals surface area contributed by atoms with Gasteiger partial charge in [0.1, 0.15) is 0 Å². The minimum Gasteiger partial charge on any atom is -0.398 e. The first kappa shape index (κ1) is 10.8. The Bertz CT molecular complexity index is 647. The first-order valence-corrected chi connectivity index (χ1v) is 5.91. The summed E-state index contributed by atoms with van der Waals surface area (Å²) in [5.74, 6) is 0. The molecule has 0 radical (unpaired) electrons. The van der Waals surface area contributed by atoms with Crippen molar-refractivity contribution >= 4 is 33.2 Å². The minimum atomic E-state index is 0.779. The Hall–Kier alpha value is -2.29. The molecule has 90 valence electrons. The molecule has 3 aromatic rings. The number of fused-ring (bicyclic) bond motifs is 2. The molecule has 0 aliphatic rings. The molecule has 0 aliphatic heterocycles. The average Bonchev–Trinajstić information content (AvgIpc) is 2.31. The second-order valence-electron chi connectivity index (χ2n) is 4.79. The highest BCUT2D eigenvalue weighted by Crippen LogP contribution is 2.26. The van der Waals surface area contributed by atoms with Crippen LogP contribution in [0.3, 0.4) is 0 Å². The molecule has 0 fully saturated rings. The molecule has 0 bridgehead atoms. The van der Waals surface area contributed by atoms with E-state index in [0.29, 0.717) is 0 Å². The molecule has 0 spiro atoms. The Labute approximate surface area is 105 Å². The molecule has 2 aromatic carbocycles. The van der Waals surface area contributed by atoms with Crippen molar-refractivity contribution in [1.29, 1.82) is 0 Å². The van der Waals surface area contributed by atoms with Crippen LogP contribution in [-0.4, -0.2) is 4.98 Å². The first-order valence-electron chi connectivity index (χ1n) is 5.91. The second-order valence-corrected chi connectivity index (χ2v) is 4.79. The Morgan fingerprint density at radius 2 is 1.28 bits per heavy atom. The van der Waals surface area contributed by atoms with E-state index in [9.17, 15) is 0 Å². The third-order valence-electron chi connectivity index (χ3n) is 3.38. The smallest absolute Gasteiger partial charge is 0.0730 e. The van der Waals surface area contributed by atoms with Gasteiger partial charge in [-0.1, -0.05) is 0 Å². The molecule has 3 heteroatoms. The highest BCUT2D eigenvalue weighted by atomic mass is 14.7. The molecule has 1 aromatic heterocycles. The highest BCUT2D eigenvalue weighted by molar-refractivity contribution is 5.96. The number of nitrogens with zero attached hydrogens (tertiary/aromatic N) is 1. The Morgan fingerprint density at radius 3 is 2.06 bits per heavy atom. The van der Waals surface area contributed by atoms with E-state index in [4.69, 9.17) is 11.5 Å². The number of nitrogen functional groups attached to an aromatic ring is 2. The lowest BCUT2D eigenvalue weighted by molar-refractivity contribution is 1.43. The van der Waals surface area contributed by atoms with Crippen LogP contribution >= 0.6 is 0 Å². The van der Waals surface area contributed by atoms with Crippen molar-refractivity contribution < 1.29 is 0 Å². The van der Waals surface area contributed by atoms with Crippen molar-refractivity contribution in [2.75, 3.05) is 11.5 Å². The van der Waals surface area contributed by atoms with Crippen LogP contribution in [-0.2, 0) is 0 Å². The van der Waals surface area contributed by atoms with Gasteiger partial charge < -0.3 is 11.5 Å². The summed E-state index contributed by atoms with van der Waals surface area (Å²) in [6, 6.07) is 10.1. The fraction of sp³-hybridized carbons (Fsp3) is 0.133. The maximum Gasteiger partial charge on any atom is 0.0730 e. The van der Waals surface area contributed by atoms with Gasteiger partial charge in [0, 0.05) is 22.1 Å². The molecule has 0 saturated heterocycles. The lowest BCUT2D eigenvalue weighted by Gasteiger charge is -2.07. The van der Waals surface area contributed by atoms with Gasteiger partial charge in [0.2, 0.25) is 0 Å². The highest BCUT2D eigenvalue weighted by Gasteiger charge is 2.04. The van der Waals surface area contributed by atoms with Gasteiger partial charge in [-0.15, -0.1) is 0 Å². The van der Waals surface area contributed by atoms with E-state index in [-0.39, 0.29) is 0 Å². The largest absolute Gasteiger partial charge is 0.398 e. The van der Waals surface area contributed by atoms with Crippen LogP contribution in [0, 0.1) is 13.8 Å². The molecular formula is C15H15N3. The Kier molecular flexibility index (Phi) is 2.17.